The highest BCUT2D eigenvalue weighted by Gasteiger charge is 2.15. The molecule has 0 saturated carbocycles. The number of nitrogens with zero attached hydrogens (tertiary/aromatic N) is 2. The lowest BCUT2D eigenvalue weighted by Crippen LogP contribution is -2.22. The van der Waals surface area contributed by atoms with Crippen LogP contribution in [0.5, 0.6) is 11.5 Å². The number of carbonyl (C=O) groups is 1. The van der Waals surface area contributed by atoms with Gasteiger partial charge in [0, 0.05) is 23.2 Å². The van der Waals surface area contributed by atoms with E-state index in [0.717, 1.165) is 11.1 Å². The van der Waals surface area contributed by atoms with E-state index in [1.807, 2.05) is 54.6 Å². The Kier molecular flexibility index (Phi) is 4.61. The molecule has 7 heteroatoms. The minimum atomic E-state index is -0.197. The van der Waals surface area contributed by atoms with Crippen molar-refractivity contribution >= 4 is 5.91 Å². The summed E-state index contributed by atoms with van der Waals surface area (Å²) in [5.41, 5.74) is 2.98. The van der Waals surface area contributed by atoms with E-state index in [-0.39, 0.29) is 12.7 Å². The predicted octanol–water partition coefficient (Wildman–Crippen LogP) is 4.06. The van der Waals surface area contributed by atoms with E-state index in [9.17, 15) is 4.79 Å². The van der Waals surface area contributed by atoms with Crippen LogP contribution in [0.2, 0.25) is 0 Å². The molecule has 148 valence electrons. The van der Waals surface area contributed by atoms with E-state index >= 15 is 0 Å². The largest absolute Gasteiger partial charge is 0.454 e. The van der Waals surface area contributed by atoms with Crippen LogP contribution in [0.15, 0.2) is 77.3 Å². The molecule has 1 amide bonds. The highest BCUT2D eigenvalue weighted by molar-refractivity contribution is 5.95. The summed E-state index contributed by atoms with van der Waals surface area (Å²) in [7, 11) is 0. The monoisotopic (exact) mass is 399 g/mol. The molecule has 7 nitrogen and oxygen atoms in total. The summed E-state index contributed by atoms with van der Waals surface area (Å²) < 4.78 is 16.1. The normalized spacial score (nSPS) is 12.0. The molecule has 0 bridgehead atoms. The summed E-state index contributed by atoms with van der Waals surface area (Å²) in [5, 5.41) is 6.95. The van der Waals surface area contributed by atoms with Gasteiger partial charge in [0.25, 0.3) is 11.8 Å². The standard InChI is InChI=1S/C23H17N3O4/c27-22(24-13-15-9-10-19-20(11-15)29-14-28-19)17-7-4-8-18(12-17)23-25-21(26-30-23)16-5-2-1-3-6-16/h1-12H,13-14H2,(H,24,27). The third kappa shape index (κ3) is 3.60. The molecule has 0 unspecified atom stereocenters. The zero-order valence-electron chi connectivity index (χ0n) is 15.9. The van der Waals surface area contributed by atoms with Gasteiger partial charge in [-0.2, -0.15) is 4.98 Å². The molecule has 3 aromatic carbocycles. The van der Waals surface area contributed by atoms with Gasteiger partial charge in [-0.25, -0.2) is 0 Å². The number of amides is 1. The van der Waals surface area contributed by atoms with Gasteiger partial charge in [-0.15, -0.1) is 0 Å². The second-order valence-electron chi connectivity index (χ2n) is 6.74. The Morgan fingerprint density at radius 1 is 0.900 bits per heavy atom. The quantitative estimate of drug-likeness (QED) is 0.545. The van der Waals surface area contributed by atoms with Crippen molar-refractivity contribution in [2.45, 2.75) is 6.54 Å². The number of hydrogen-bond acceptors (Lipinski definition) is 6. The van der Waals surface area contributed by atoms with Crippen LogP contribution >= 0.6 is 0 Å². The summed E-state index contributed by atoms with van der Waals surface area (Å²) in [6, 6.07) is 22.3. The van der Waals surface area contributed by atoms with Crippen molar-refractivity contribution in [3.63, 3.8) is 0 Å². The third-order valence-electron chi connectivity index (χ3n) is 4.72. The van der Waals surface area contributed by atoms with Gasteiger partial charge in [-0.1, -0.05) is 47.6 Å². The van der Waals surface area contributed by atoms with Gasteiger partial charge in [0.2, 0.25) is 12.6 Å². The number of nitrogens with one attached hydrogen (secondary N) is 1. The maximum Gasteiger partial charge on any atom is 0.258 e. The van der Waals surface area contributed by atoms with Crippen LogP contribution in [0.1, 0.15) is 15.9 Å². The van der Waals surface area contributed by atoms with Crippen LogP contribution in [0, 0.1) is 0 Å². The van der Waals surface area contributed by atoms with E-state index in [4.69, 9.17) is 14.0 Å². The molecule has 0 fully saturated rings. The Labute approximate surface area is 172 Å². The minimum Gasteiger partial charge on any atom is -0.454 e. The van der Waals surface area contributed by atoms with E-state index in [1.54, 1.807) is 18.2 Å². The smallest absolute Gasteiger partial charge is 0.258 e. The average Bonchev–Trinajstić information content (AvgIpc) is 3.47. The Bertz CT molecular complexity index is 1200. The van der Waals surface area contributed by atoms with Crippen molar-refractivity contribution in [2.24, 2.45) is 0 Å². The first-order chi connectivity index (χ1) is 14.8. The van der Waals surface area contributed by atoms with Crippen LogP contribution in [0.3, 0.4) is 0 Å². The summed E-state index contributed by atoms with van der Waals surface area (Å²) in [5.74, 6) is 2.07. The number of benzene rings is 3. The van der Waals surface area contributed by atoms with Crippen molar-refractivity contribution in [2.75, 3.05) is 6.79 Å². The summed E-state index contributed by atoms with van der Waals surface area (Å²) >= 11 is 0. The summed E-state index contributed by atoms with van der Waals surface area (Å²) in [4.78, 5) is 17.1. The van der Waals surface area contributed by atoms with Gasteiger partial charge in [0.05, 0.1) is 0 Å². The lowest BCUT2D eigenvalue weighted by atomic mass is 10.1. The maximum atomic E-state index is 12.6. The second-order valence-corrected chi connectivity index (χ2v) is 6.74. The predicted molar refractivity (Wildman–Crippen MR) is 109 cm³/mol. The average molecular weight is 399 g/mol. The molecule has 30 heavy (non-hydrogen) atoms. The second kappa shape index (κ2) is 7.71. The number of carbonyl (C=O) groups excluding carboxylic acids is 1. The highest BCUT2D eigenvalue weighted by atomic mass is 16.7. The molecular formula is C23H17N3O4. The molecule has 5 rings (SSSR count). The Morgan fingerprint density at radius 2 is 1.73 bits per heavy atom. The van der Waals surface area contributed by atoms with Crippen molar-refractivity contribution < 1.29 is 18.8 Å². The molecule has 2 heterocycles. The Hall–Kier alpha value is -4.13. The zero-order valence-corrected chi connectivity index (χ0v) is 15.9. The van der Waals surface area contributed by atoms with Crippen LogP contribution in [-0.2, 0) is 6.54 Å². The van der Waals surface area contributed by atoms with E-state index < -0.39 is 0 Å². The van der Waals surface area contributed by atoms with E-state index in [0.29, 0.717) is 40.9 Å². The lowest BCUT2D eigenvalue weighted by Gasteiger charge is -2.07. The fourth-order valence-electron chi connectivity index (χ4n) is 3.17. The first kappa shape index (κ1) is 17.9. The van der Waals surface area contributed by atoms with E-state index in [2.05, 4.69) is 15.5 Å². The fourth-order valence-corrected chi connectivity index (χ4v) is 3.17. The molecule has 1 aliphatic rings. The van der Waals surface area contributed by atoms with Gasteiger partial charge in [0.1, 0.15) is 0 Å². The number of hydrogen-bond donors (Lipinski definition) is 1. The molecule has 1 N–H and O–H groups in total. The van der Waals surface area contributed by atoms with Gasteiger partial charge in [0.15, 0.2) is 11.5 Å². The summed E-state index contributed by atoms with van der Waals surface area (Å²) in [6.07, 6.45) is 0. The maximum absolute atomic E-state index is 12.6. The fraction of sp³-hybridized carbons (Fsp3) is 0.0870. The van der Waals surface area contributed by atoms with Gasteiger partial charge >= 0.3 is 0 Å². The lowest BCUT2D eigenvalue weighted by molar-refractivity contribution is 0.0951. The first-order valence-corrected chi connectivity index (χ1v) is 9.42. The van der Waals surface area contributed by atoms with Crippen molar-refractivity contribution in [1.29, 1.82) is 0 Å². The molecule has 0 aliphatic carbocycles. The van der Waals surface area contributed by atoms with Crippen LogP contribution in [-0.4, -0.2) is 22.8 Å². The van der Waals surface area contributed by atoms with Crippen molar-refractivity contribution in [1.82, 2.24) is 15.5 Å². The van der Waals surface area contributed by atoms with Crippen LogP contribution in [0.4, 0.5) is 0 Å². The van der Waals surface area contributed by atoms with E-state index in [1.165, 1.54) is 0 Å². The SMILES string of the molecule is O=C(NCc1ccc2c(c1)OCO2)c1cccc(-c2nc(-c3ccccc3)no2)c1. The first-order valence-electron chi connectivity index (χ1n) is 9.42. The minimum absolute atomic E-state index is 0.197. The highest BCUT2D eigenvalue weighted by Crippen LogP contribution is 2.32. The van der Waals surface area contributed by atoms with Crippen molar-refractivity contribution in [3.05, 3.63) is 83.9 Å². The topological polar surface area (TPSA) is 86.5 Å². The number of ether oxygens (including phenoxy) is 2. The van der Waals surface area contributed by atoms with Crippen molar-refractivity contribution in [3.8, 4) is 34.3 Å². The molecule has 0 spiro atoms. The van der Waals surface area contributed by atoms with Gasteiger partial charge < -0.3 is 19.3 Å². The van der Waals surface area contributed by atoms with Crippen LogP contribution < -0.4 is 14.8 Å². The van der Waals surface area contributed by atoms with Gasteiger partial charge in [-0.3, -0.25) is 4.79 Å². The molecule has 0 saturated heterocycles. The van der Waals surface area contributed by atoms with Gasteiger partial charge in [-0.05, 0) is 35.9 Å². The molecule has 1 aliphatic heterocycles. The molecule has 0 radical (unpaired) electrons. The molecule has 4 aromatic rings. The molecular weight excluding hydrogens is 382 g/mol. The molecule has 0 atom stereocenters. The molecule has 1 aromatic heterocycles. The Morgan fingerprint density at radius 3 is 2.63 bits per heavy atom. The van der Waals surface area contributed by atoms with Crippen LogP contribution in [0.25, 0.3) is 22.8 Å². The number of rotatable bonds is 5. The Balaban J connectivity index is 1.30. The number of fused-ring (bicyclic) bond motifs is 1. The summed E-state index contributed by atoms with van der Waals surface area (Å²) in [6.45, 7) is 0.595. The number of aromatic nitrogens is 2. The third-order valence-corrected chi connectivity index (χ3v) is 4.72. The zero-order chi connectivity index (χ0) is 20.3.